The van der Waals surface area contributed by atoms with Crippen LogP contribution in [0.1, 0.15) is 5.56 Å². The van der Waals surface area contributed by atoms with Gasteiger partial charge in [-0.2, -0.15) is 0 Å². The van der Waals surface area contributed by atoms with Crippen molar-refractivity contribution in [3.63, 3.8) is 0 Å². The second-order valence-electron chi connectivity index (χ2n) is 4.00. The quantitative estimate of drug-likeness (QED) is 0.536. The van der Waals surface area contributed by atoms with Gasteiger partial charge < -0.3 is 5.32 Å². The van der Waals surface area contributed by atoms with Crippen molar-refractivity contribution < 1.29 is 4.79 Å². The van der Waals surface area contributed by atoms with Gasteiger partial charge in [0.15, 0.2) is 0 Å². The molecular weight excluding hydrogens is 408 g/mol. The van der Waals surface area contributed by atoms with Crippen molar-refractivity contribution in [2.45, 2.75) is 0 Å². The summed E-state index contributed by atoms with van der Waals surface area (Å²) < 4.78 is 1.12. The molecular formula is C15H10Cl2INO. The van der Waals surface area contributed by atoms with E-state index in [9.17, 15) is 4.79 Å². The van der Waals surface area contributed by atoms with Crippen LogP contribution in [0.4, 0.5) is 5.69 Å². The Morgan fingerprint density at radius 1 is 1.05 bits per heavy atom. The summed E-state index contributed by atoms with van der Waals surface area (Å²) in [5.41, 5.74) is 1.58. The van der Waals surface area contributed by atoms with E-state index in [4.69, 9.17) is 23.2 Å². The molecule has 0 bridgehead atoms. The van der Waals surface area contributed by atoms with Gasteiger partial charge in [0.1, 0.15) is 0 Å². The maximum atomic E-state index is 11.8. The van der Waals surface area contributed by atoms with E-state index in [1.165, 1.54) is 6.08 Å². The van der Waals surface area contributed by atoms with Crippen LogP contribution < -0.4 is 5.32 Å². The summed E-state index contributed by atoms with van der Waals surface area (Å²) in [6, 6.07) is 12.8. The summed E-state index contributed by atoms with van der Waals surface area (Å²) in [6.45, 7) is 0. The molecule has 0 saturated carbocycles. The van der Waals surface area contributed by atoms with Gasteiger partial charge in [-0.25, -0.2) is 0 Å². The number of carbonyl (C=O) groups is 1. The van der Waals surface area contributed by atoms with E-state index in [0.717, 1.165) is 14.8 Å². The summed E-state index contributed by atoms with van der Waals surface area (Å²) in [6.07, 6.45) is 3.14. The fourth-order valence-electron chi connectivity index (χ4n) is 1.51. The fraction of sp³-hybridized carbons (Fsp3) is 0. The van der Waals surface area contributed by atoms with Crippen LogP contribution >= 0.6 is 45.8 Å². The molecule has 0 aromatic heterocycles. The van der Waals surface area contributed by atoms with E-state index in [-0.39, 0.29) is 5.91 Å². The molecule has 1 N–H and O–H groups in total. The zero-order chi connectivity index (χ0) is 14.5. The number of carbonyl (C=O) groups excluding carboxylic acids is 1. The molecule has 0 saturated heterocycles. The van der Waals surface area contributed by atoms with Gasteiger partial charge >= 0.3 is 0 Å². The van der Waals surface area contributed by atoms with Crippen LogP contribution in [0, 0.1) is 3.57 Å². The molecule has 5 heteroatoms. The molecule has 0 atom stereocenters. The van der Waals surface area contributed by atoms with Crippen molar-refractivity contribution in [3.05, 3.63) is 67.7 Å². The molecule has 102 valence electrons. The maximum Gasteiger partial charge on any atom is 0.248 e. The zero-order valence-corrected chi connectivity index (χ0v) is 13.9. The lowest BCUT2D eigenvalue weighted by atomic mass is 10.2. The van der Waals surface area contributed by atoms with Crippen LogP contribution in [0.2, 0.25) is 10.0 Å². The van der Waals surface area contributed by atoms with Gasteiger partial charge in [0, 0.05) is 15.3 Å². The molecule has 0 radical (unpaired) electrons. The van der Waals surface area contributed by atoms with Gasteiger partial charge in [-0.3, -0.25) is 4.79 Å². The first kappa shape index (κ1) is 15.4. The zero-order valence-electron chi connectivity index (χ0n) is 10.2. The molecule has 1 amide bonds. The Morgan fingerprint density at radius 3 is 2.40 bits per heavy atom. The molecule has 0 spiro atoms. The highest BCUT2D eigenvalue weighted by Gasteiger charge is 1.99. The highest BCUT2D eigenvalue weighted by Crippen LogP contribution is 2.23. The highest BCUT2D eigenvalue weighted by molar-refractivity contribution is 14.1. The van der Waals surface area contributed by atoms with E-state index in [2.05, 4.69) is 27.9 Å². The topological polar surface area (TPSA) is 29.1 Å². The van der Waals surface area contributed by atoms with Crippen molar-refractivity contribution in [2.24, 2.45) is 0 Å². The Balaban J connectivity index is 2.01. The van der Waals surface area contributed by atoms with E-state index in [1.54, 1.807) is 24.3 Å². The molecule has 20 heavy (non-hydrogen) atoms. The fourth-order valence-corrected chi connectivity index (χ4v) is 2.17. The Hall–Kier alpha value is -1.04. The molecule has 2 rings (SSSR count). The minimum atomic E-state index is -0.197. The standard InChI is InChI=1S/C15H10Cl2INO/c16-13-7-1-10(9-14(13)17)2-8-15(20)19-12-5-3-11(18)4-6-12/h1-9H,(H,19,20). The van der Waals surface area contributed by atoms with Crippen molar-refractivity contribution in [2.75, 3.05) is 5.32 Å². The first-order chi connectivity index (χ1) is 9.54. The lowest BCUT2D eigenvalue weighted by Gasteiger charge is -2.02. The van der Waals surface area contributed by atoms with Gasteiger partial charge in [0.2, 0.25) is 5.91 Å². The molecule has 0 unspecified atom stereocenters. The number of hydrogen-bond acceptors (Lipinski definition) is 1. The van der Waals surface area contributed by atoms with Gasteiger partial charge in [0.05, 0.1) is 10.0 Å². The van der Waals surface area contributed by atoms with Crippen LogP contribution in [0.25, 0.3) is 6.08 Å². The minimum absolute atomic E-state index is 0.197. The number of hydrogen-bond donors (Lipinski definition) is 1. The van der Waals surface area contributed by atoms with Crippen molar-refractivity contribution in [3.8, 4) is 0 Å². The van der Waals surface area contributed by atoms with Crippen LogP contribution in [0.3, 0.4) is 0 Å². The Bertz CT molecular complexity index is 653. The van der Waals surface area contributed by atoms with Crippen LogP contribution in [0.5, 0.6) is 0 Å². The van der Waals surface area contributed by atoms with Crippen molar-refractivity contribution in [1.29, 1.82) is 0 Å². The second kappa shape index (κ2) is 7.11. The Kier molecular flexibility index (Phi) is 5.46. The number of nitrogens with one attached hydrogen (secondary N) is 1. The molecule has 0 fully saturated rings. The van der Waals surface area contributed by atoms with E-state index in [0.29, 0.717) is 10.0 Å². The summed E-state index contributed by atoms with van der Waals surface area (Å²) in [5, 5.41) is 3.73. The van der Waals surface area contributed by atoms with E-state index < -0.39 is 0 Å². The molecule has 2 aromatic carbocycles. The van der Waals surface area contributed by atoms with E-state index >= 15 is 0 Å². The summed E-state index contributed by atoms with van der Waals surface area (Å²) in [5.74, 6) is -0.197. The van der Waals surface area contributed by atoms with Crippen LogP contribution in [-0.4, -0.2) is 5.91 Å². The molecule has 2 nitrogen and oxygen atoms in total. The smallest absolute Gasteiger partial charge is 0.248 e. The van der Waals surface area contributed by atoms with E-state index in [1.807, 2.05) is 24.3 Å². The molecule has 0 aliphatic carbocycles. The summed E-state index contributed by atoms with van der Waals surface area (Å²) in [4.78, 5) is 11.8. The largest absolute Gasteiger partial charge is 0.323 e. The van der Waals surface area contributed by atoms with Crippen molar-refractivity contribution in [1.82, 2.24) is 0 Å². The Morgan fingerprint density at radius 2 is 1.75 bits per heavy atom. The lowest BCUT2D eigenvalue weighted by molar-refractivity contribution is -0.111. The predicted molar refractivity (Wildman–Crippen MR) is 93.3 cm³/mol. The predicted octanol–water partition coefficient (Wildman–Crippen LogP) is 5.25. The monoisotopic (exact) mass is 417 g/mol. The second-order valence-corrected chi connectivity index (χ2v) is 6.06. The first-order valence-corrected chi connectivity index (χ1v) is 7.58. The van der Waals surface area contributed by atoms with Gasteiger partial charge in [-0.15, -0.1) is 0 Å². The third-order valence-electron chi connectivity index (χ3n) is 2.48. The number of amides is 1. The average molecular weight is 418 g/mol. The SMILES string of the molecule is O=C(C=Cc1ccc(Cl)c(Cl)c1)Nc1ccc(I)cc1. The molecule has 0 aliphatic heterocycles. The van der Waals surface area contributed by atoms with Crippen LogP contribution in [0.15, 0.2) is 48.5 Å². The van der Waals surface area contributed by atoms with Crippen LogP contribution in [-0.2, 0) is 4.79 Å². The number of benzene rings is 2. The van der Waals surface area contributed by atoms with Gasteiger partial charge in [-0.05, 0) is 70.6 Å². The number of halogens is 3. The molecule has 0 aliphatic rings. The summed E-state index contributed by atoms with van der Waals surface area (Å²) in [7, 11) is 0. The van der Waals surface area contributed by atoms with Gasteiger partial charge in [0.25, 0.3) is 0 Å². The highest BCUT2D eigenvalue weighted by atomic mass is 127. The lowest BCUT2D eigenvalue weighted by Crippen LogP contribution is -2.07. The summed E-state index contributed by atoms with van der Waals surface area (Å²) >= 11 is 13.9. The Labute approximate surface area is 140 Å². The normalized spacial score (nSPS) is 10.8. The minimum Gasteiger partial charge on any atom is -0.323 e. The average Bonchev–Trinajstić information content (AvgIpc) is 2.43. The number of anilines is 1. The third kappa shape index (κ3) is 4.51. The number of rotatable bonds is 3. The van der Waals surface area contributed by atoms with Crippen molar-refractivity contribution >= 4 is 63.5 Å². The first-order valence-electron chi connectivity index (χ1n) is 5.74. The third-order valence-corrected chi connectivity index (χ3v) is 3.94. The molecule has 0 heterocycles. The maximum absolute atomic E-state index is 11.8. The molecule has 2 aromatic rings. The van der Waals surface area contributed by atoms with Gasteiger partial charge in [-0.1, -0.05) is 29.3 Å².